The molecule has 0 fully saturated rings. The Hall–Kier alpha value is -2.15. The van der Waals surface area contributed by atoms with Gasteiger partial charge >= 0.3 is 0 Å². The van der Waals surface area contributed by atoms with Gasteiger partial charge in [0.1, 0.15) is 17.8 Å². The molecular weight excluding hydrogens is 300 g/mol. The fraction of sp³-hybridized carbons (Fsp3) is 0.400. The molecule has 6 nitrogen and oxygen atoms in total. The van der Waals surface area contributed by atoms with Crippen LogP contribution in [0.25, 0.3) is 0 Å². The molecule has 1 heterocycles. The Labute approximate surface area is 134 Å². The minimum Gasteiger partial charge on any atom is -0.493 e. The molecule has 0 spiro atoms. The van der Waals surface area contributed by atoms with Crippen LogP contribution in [-0.4, -0.2) is 34.3 Å². The van der Waals surface area contributed by atoms with Crippen molar-refractivity contribution in [3.8, 4) is 11.5 Å². The zero-order valence-corrected chi connectivity index (χ0v) is 13.6. The summed E-state index contributed by atoms with van der Waals surface area (Å²) in [7, 11) is 0. The molecule has 0 aliphatic heterocycles. The lowest BCUT2D eigenvalue weighted by molar-refractivity contribution is 0.301. The molecule has 0 atom stereocenters. The minimum atomic E-state index is 0.440. The Morgan fingerprint density at radius 1 is 1.27 bits per heavy atom. The van der Waals surface area contributed by atoms with E-state index in [1.54, 1.807) is 6.21 Å². The number of aromatic amines is 1. The molecule has 7 heteroatoms. The third-order valence-electron chi connectivity index (χ3n) is 2.78. The fourth-order valence-electron chi connectivity index (χ4n) is 1.72. The molecule has 0 unspecified atom stereocenters. The van der Waals surface area contributed by atoms with Gasteiger partial charge in [-0.05, 0) is 37.2 Å². The van der Waals surface area contributed by atoms with Crippen molar-refractivity contribution in [2.45, 2.75) is 26.7 Å². The SMILES string of the molecule is CCCOc1ccc(/C=N\n2cn[nH]c2=S)c(OCCC)c1. The van der Waals surface area contributed by atoms with Crippen molar-refractivity contribution in [3.05, 3.63) is 34.9 Å². The Balaban J connectivity index is 2.22. The Bertz CT molecular complexity index is 678. The average Bonchev–Trinajstić information content (AvgIpc) is 2.94. The van der Waals surface area contributed by atoms with Crippen molar-refractivity contribution in [2.75, 3.05) is 13.2 Å². The van der Waals surface area contributed by atoms with Gasteiger partial charge in [-0.15, -0.1) is 0 Å². The molecule has 0 aliphatic carbocycles. The number of nitrogens with zero attached hydrogens (tertiary/aromatic N) is 3. The maximum atomic E-state index is 5.78. The van der Waals surface area contributed by atoms with Gasteiger partial charge in [0, 0.05) is 11.6 Å². The topological polar surface area (TPSA) is 64.4 Å². The molecule has 0 amide bonds. The van der Waals surface area contributed by atoms with Crippen LogP contribution in [0.4, 0.5) is 0 Å². The van der Waals surface area contributed by atoms with Gasteiger partial charge in [-0.25, -0.2) is 0 Å². The maximum Gasteiger partial charge on any atom is 0.216 e. The predicted octanol–water partition coefficient (Wildman–Crippen LogP) is 3.40. The Kier molecular flexibility index (Phi) is 6.14. The number of rotatable bonds is 8. The van der Waals surface area contributed by atoms with E-state index in [0.717, 1.165) is 29.9 Å². The third kappa shape index (κ3) is 4.42. The maximum absolute atomic E-state index is 5.78. The summed E-state index contributed by atoms with van der Waals surface area (Å²) in [6, 6.07) is 5.72. The smallest absolute Gasteiger partial charge is 0.216 e. The highest BCUT2D eigenvalue weighted by molar-refractivity contribution is 7.71. The van der Waals surface area contributed by atoms with E-state index in [4.69, 9.17) is 21.7 Å². The van der Waals surface area contributed by atoms with Gasteiger partial charge < -0.3 is 9.47 Å². The first-order valence-electron chi connectivity index (χ1n) is 7.30. The summed E-state index contributed by atoms with van der Waals surface area (Å²) >= 11 is 5.05. The largest absolute Gasteiger partial charge is 0.493 e. The molecule has 0 saturated carbocycles. The van der Waals surface area contributed by atoms with Crippen molar-refractivity contribution < 1.29 is 9.47 Å². The standard InChI is InChI=1S/C15H20N4O2S/c1-3-7-20-13-6-5-12(14(9-13)21-8-4-2)10-17-19-11-16-18-15(19)22/h5-6,9-11H,3-4,7-8H2,1-2H3,(H,18,22)/b17-10-. The quantitative estimate of drug-likeness (QED) is 0.598. The summed E-state index contributed by atoms with van der Waals surface area (Å²) in [5, 5.41) is 10.7. The van der Waals surface area contributed by atoms with Gasteiger partial charge in [-0.1, -0.05) is 13.8 Å². The van der Waals surface area contributed by atoms with E-state index in [-0.39, 0.29) is 0 Å². The Morgan fingerprint density at radius 3 is 2.73 bits per heavy atom. The number of ether oxygens (including phenoxy) is 2. The molecule has 2 rings (SSSR count). The van der Waals surface area contributed by atoms with Gasteiger partial charge in [0.2, 0.25) is 4.77 Å². The third-order valence-corrected chi connectivity index (χ3v) is 3.05. The molecule has 0 bridgehead atoms. The molecule has 1 aromatic carbocycles. The van der Waals surface area contributed by atoms with Crippen LogP contribution < -0.4 is 9.47 Å². The van der Waals surface area contributed by atoms with Gasteiger partial charge in [0.05, 0.1) is 19.4 Å². The van der Waals surface area contributed by atoms with Crippen LogP contribution in [0.1, 0.15) is 32.3 Å². The second-order valence-corrected chi connectivity index (χ2v) is 5.03. The average molecular weight is 320 g/mol. The molecule has 1 N–H and O–H groups in total. The summed E-state index contributed by atoms with van der Waals surface area (Å²) in [6.07, 6.45) is 5.11. The van der Waals surface area contributed by atoms with Gasteiger partial charge in [0.15, 0.2) is 0 Å². The second kappa shape index (κ2) is 8.33. The summed E-state index contributed by atoms with van der Waals surface area (Å²) in [5.41, 5.74) is 0.861. The van der Waals surface area contributed by atoms with Crippen LogP contribution in [0.5, 0.6) is 11.5 Å². The first-order chi connectivity index (χ1) is 10.7. The fourth-order valence-corrected chi connectivity index (χ4v) is 1.86. The normalized spacial score (nSPS) is 11.0. The highest BCUT2D eigenvalue weighted by atomic mass is 32.1. The van der Waals surface area contributed by atoms with Crippen LogP contribution in [0.2, 0.25) is 0 Å². The zero-order chi connectivity index (χ0) is 15.8. The molecule has 0 radical (unpaired) electrons. The lowest BCUT2D eigenvalue weighted by atomic mass is 10.2. The molecule has 118 valence electrons. The van der Waals surface area contributed by atoms with Crippen molar-refractivity contribution in [1.82, 2.24) is 14.9 Å². The van der Waals surface area contributed by atoms with Crippen molar-refractivity contribution >= 4 is 18.4 Å². The molecule has 1 aromatic heterocycles. The highest BCUT2D eigenvalue weighted by Gasteiger charge is 2.05. The molecule has 2 aromatic rings. The van der Waals surface area contributed by atoms with E-state index in [1.165, 1.54) is 11.0 Å². The van der Waals surface area contributed by atoms with Gasteiger partial charge in [-0.2, -0.15) is 14.9 Å². The van der Waals surface area contributed by atoms with Crippen LogP contribution in [0.15, 0.2) is 29.6 Å². The molecule has 0 aliphatic rings. The molecular formula is C15H20N4O2S. The minimum absolute atomic E-state index is 0.440. The summed E-state index contributed by atoms with van der Waals surface area (Å²) in [6.45, 7) is 5.47. The highest BCUT2D eigenvalue weighted by Crippen LogP contribution is 2.24. The first kappa shape index (κ1) is 16.2. The van der Waals surface area contributed by atoms with Gasteiger partial charge in [0.25, 0.3) is 0 Å². The molecule has 22 heavy (non-hydrogen) atoms. The Morgan fingerprint density at radius 2 is 2.05 bits per heavy atom. The first-order valence-corrected chi connectivity index (χ1v) is 7.71. The summed E-state index contributed by atoms with van der Waals surface area (Å²) in [5.74, 6) is 1.54. The number of H-pyrrole nitrogens is 1. The van der Waals surface area contributed by atoms with E-state index in [9.17, 15) is 0 Å². The van der Waals surface area contributed by atoms with Crippen LogP contribution in [0.3, 0.4) is 0 Å². The van der Waals surface area contributed by atoms with E-state index < -0.39 is 0 Å². The number of nitrogens with one attached hydrogen (secondary N) is 1. The van der Waals surface area contributed by atoms with Crippen molar-refractivity contribution in [3.63, 3.8) is 0 Å². The lowest BCUT2D eigenvalue weighted by Gasteiger charge is -2.11. The monoisotopic (exact) mass is 320 g/mol. The summed E-state index contributed by atoms with van der Waals surface area (Å²) in [4.78, 5) is 0. The van der Waals surface area contributed by atoms with Gasteiger partial charge in [-0.3, -0.25) is 5.10 Å². The van der Waals surface area contributed by atoms with Crippen LogP contribution in [0, 0.1) is 4.77 Å². The zero-order valence-electron chi connectivity index (χ0n) is 12.8. The second-order valence-electron chi connectivity index (χ2n) is 4.65. The van der Waals surface area contributed by atoms with Crippen LogP contribution >= 0.6 is 12.2 Å². The number of benzene rings is 1. The summed E-state index contributed by atoms with van der Waals surface area (Å²) < 4.78 is 13.3. The number of aromatic nitrogens is 3. The lowest BCUT2D eigenvalue weighted by Crippen LogP contribution is -2.01. The van der Waals surface area contributed by atoms with E-state index in [2.05, 4.69) is 29.1 Å². The van der Waals surface area contributed by atoms with Crippen LogP contribution in [-0.2, 0) is 0 Å². The van der Waals surface area contributed by atoms with E-state index in [1.807, 2.05) is 18.2 Å². The van der Waals surface area contributed by atoms with E-state index in [0.29, 0.717) is 18.0 Å². The number of hydrogen-bond acceptors (Lipinski definition) is 5. The molecule has 0 saturated heterocycles. The number of hydrogen-bond donors (Lipinski definition) is 1. The predicted molar refractivity (Wildman–Crippen MR) is 88.4 cm³/mol. The van der Waals surface area contributed by atoms with E-state index >= 15 is 0 Å². The van der Waals surface area contributed by atoms with Crippen molar-refractivity contribution in [2.24, 2.45) is 5.10 Å². The van der Waals surface area contributed by atoms with Crippen molar-refractivity contribution in [1.29, 1.82) is 0 Å².